The summed E-state index contributed by atoms with van der Waals surface area (Å²) in [5.74, 6) is 0.989. The molecule has 0 aliphatic rings. The van der Waals surface area contributed by atoms with Gasteiger partial charge in [-0.15, -0.1) is 23.1 Å². The molecule has 0 unspecified atom stereocenters. The molecule has 102 valence electrons. The molecule has 2 aromatic heterocycles. The Kier molecular flexibility index (Phi) is 3.70. The standard InChI is InChI=1S/C13H9FN2O2S2/c14-8-3-1-2-4-10(8)20-7-11-15-13(18-16-11)12-9(17)5-6-19-12/h1-6,17H,7H2. The Morgan fingerprint density at radius 2 is 2.15 bits per heavy atom. The van der Waals surface area contributed by atoms with Crippen LogP contribution in [0.2, 0.25) is 0 Å². The van der Waals surface area contributed by atoms with Gasteiger partial charge in [0.1, 0.15) is 16.4 Å². The maximum Gasteiger partial charge on any atom is 0.271 e. The van der Waals surface area contributed by atoms with Gasteiger partial charge in [0.15, 0.2) is 5.82 Å². The van der Waals surface area contributed by atoms with Crippen molar-refractivity contribution in [1.29, 1.82) is 0 Å². The third-order valence-electron chi connectivity index (χ3n) is 2.50. The third kappa shape index (κ3) is 2.68. The summed E-state index contributed by atoms with van der Waals surface area (Å²) >= 11 is 2.62. The van der Waals surface area contributed by atoms with Crippen LogP contribution in [0.15, 0.2) is 45.1 Å². The predicted molar refractivity (Wildman–Crippen MR) is 75.2 cm³/mol. The zero-order valence-electron chi connectivity index (χ0n) is 10.1. The normalized spacial score (nSPS) is 10.8. The van der Waals surface area contributed by atoms with E-state index in [1.807, 2.05) is 0 Å². The highest BCUT2D eigenvalue weighted by Crippen LogP contribution is 2.33. The Morgan fingerprint density at radius 1 is 1.30 bits per heavy atom. The molecule has 0 bridgehead atoms. The van der Waals surface area contributed by atoms with Crippen LogP contribution >= 0.6 is 23.1 Å². The summed E-state index contributed by atoms with van der Waals surface area (Å²) in [7, 11) is 0. The Labute approximate surface area is 122 Å². The first-order chi connectivity index (χ1) is 9.74. The Bertz CT molecular complexity index is 726. The van der Waals surface area contributed by atoms with Crippen LogP contribution in [0, 0.1) is 5.82 Å². The van der Waals surface area contributed by atoms with E-state index in [2.05, 4.69) is 10.1 Å². The second-order valence-electron chi connectivity index (χ2n) is 3.87. The molecule has 0 fully saturated rings. The van der Waals surface area contributed by atoms with Crippen LogP contribution in [0.1, 0.15) is 5.82 Å². The number of hydrogen-bond donors (Lipinski definition) is 1. The van der Waals surface area contributed by atoms with Crippen molar-refractivity contribution >= 4 is 23.1 Å². The van der Waals surface area contributed by atoms with Crippen LogP contribution in [-0.4, -0.2) is 15.2 Å². The molecule has 4 nitrogen and oxygen atoms in total. The van der Waals surface area contributed by atoms with E-state index in [9.17, 15) is 9.50 Å². The summed E-state index contributed by atoms with van der Waals surface area (Å²) in [6.07, 6.45) is 0. The largest absolute Gasteiger partial charge is 0.506 e. The lowest BCUT2D eigenvalue weighted by Gasteiger charge is -1.99. The molecular weight excluding hydrogens is 299 g/mol. The number of hydrogen-bond acceptors (Lipinski definition) is 6. The van der Waals surface area contributed by atoms with Gasteiger partial charge in [-0.3, -0.25) is 0 Å². The van der Waals surface area contributed by atoms with Crippen molar-refractivity contribution in [2.24, 2.45) is 0 Å². The van der Waals surface area contributed by atoms with E-state index >= 15 is 0 Å². The molecule has 1 N–H and O–H groups in total. The summed E-state index contributed by atoms with van der Waals surface area (Å²) in [4.78, 5) is 5.27. The van der Waals surface area contributed by atoms with Crippen molar-refractivity contribution < 1.29 is 14.0 Å². The zero-order chi connectivity index (χ0) is 13.9. The number of nitrogens with zero attached hydrogens (tertiary/aromatic N) is 2. The van der Waals surface area contributed by atoms with Gasteiger partial charge in [-0.1, -0.05) is 17.3 Å². The summed E-state index contributed by atoms with van der Waals surface area (Å²) in [6.45, 7) is 0. The lowest BCUT2D eigenvalue weighted by molar-refractivity contribution is 0.421. The number of rotatable bonds is 4. The molecule has 0 spiro atoms. The van der Waals surface area contributed by atoms with Crippen molar-refractivity contribution in [1.82, 2.24) is 10.1 Å². The minimum Gasteiger partial charge on any atom is -0.506 e. The van der Waals surface area contributed by atoms with E-state index < -0.39 is 0 Å². The second kappa shape index (κ2) is 5.64. The number of thiophene rings is 1. The van der Waals surface area contributed by atoms with Crippen LogP contribution in [0.5, 0.6) is 5.75 Å². The van der Waals surface area contributed by atoms with Crippen LogP contribution in [0.3, 0.4) is 0 Å². The minimum atomic E-state index is -0.267. The van der Waals surface area contributed by atoms with E-state index in [1.54, 1.807) is 29.6 Å². The van der Waals surface area contributed by atoms with E-state index in [1.165, 1.54) is 29.2 Å². The summed E-state index contributed by atoms with van der Waals surface area (Å²) in [6, 6.07) is 8.10. The van der Waals surface area contributed by atoms with Gasteiger partial charge in [-0.25, -0.2) is 4.39 Å². The predicted octanol–water partition coefficient (Wildman–Crippen LogP) is 3.94. The summed E-state index contributed by atoms with van der Waals surface area (Å²) in [5.41, 5.74) is 0. The molecule has 2 heterocycles. The van der Waals surface area contributed by atoms with Crippen LogP contribution in [0.4, 0.5) is 4.39 Å². The summed E-state index contributed by atoms with van der Waals surface area (Å²) < 4.78 is 18.5. The number of halogens is 1. The monoisotopic (exact) mass is 308 g/mol. The first kappa shape index (κ1) is 13.1. The maximum atomic E-state index is 13.5. The van der Waals surface area contributed by atoms with E-state index in [4.69, 9.17) is 4.52 Å². The molecule has 0 radical (unpaired) electrons. The van der Waals surface area contributed by atoms with Gasteiger partial charge in [0.2, 0.25) is 0 Å². The molecule has 0 saturated heterocycles. The van der Waals surface area contributed by atoms with Gasteiger partial charge in [0.05, 0.1) is 5.75 Å². The van der Waals surface area contributed by atoms with Gasteiger partial charge in [0.25, 0.3) is 5.89 Å². The highest BCUT2D eigenvalue weighted by atomic mass is 32.2. The molecule has 3 rings (SSSR count). The fourth-order valence-electron chi connectivity index (χ4n) is 1.57. The van der Waals surface area contributed by atoms with E-state index in [0.29, 0.717) is 21.3 Å². The molecule has 1 aromatic carbocycles. The molecule has 3 aromatic rings. The first-order valence-electron chi connectivity index (χ1n) is 5.71. The number of benzene rings is 1. The van der Waals surface area contributed by atoms with Gasteiger partial charge in [-0.2, -0.15) is 4.98 Å². The van der Waals surface area contributed by atoms with Gasteiger partial charge in [0, 0.05) is 4.90 Å². The summed E-state index contributed by atoms with van der Waals surface area (Å²) in [5, 5.41) is 15.1. The fraction of sp³-hybridized carbons (Fsp3) is 0.0769. The fourth-order valence-corrected chi connectivity index (χ4v) is 3.06. The maximum absolute atomic E-state index is 13.5. The zero-order valence-corrected chi connectivity index (χ0v) is 11.7. The van der Waals surface area contributed by atoms with Crippen molar-refractivity contribution in [3.63, 3.8) is 0 Å². The Balaban J connectivity index is 1.72. The quantitative estimate of drug-likeness (QED) is 0.740. The van der Waals surface area contributed by atoms with Crippen LogP contribution in [0.25, 0.3) is 10.8 Å². The molecule has 0 amide bonds. The minimum absolute atomic E-state index is 0.118. The highest BCUT2D eigenvalue weighted by Gasteiger charge is 2.14. The molecule has 0 atom stereocenters. The number of thioether (sulfide) groups is 1. The third-order valence-corrected chi connectivity index (χ3v) is 4.44. The second-order valence-corrected chi connectivity index (χ2v) is 5.80. The van der Waals surface area contributed by atoms with Gasteiger partial charge >= 0.3 is 0 Å². The van der Waals surface area contributed by atoms with E-state index in [0.717, 1.165) is 0 Å². The first-order valence-corrected chi connectivity index (χ1v) is 7.57. The molecule has 0 aliphatic carbocycles. The van der Waals surface area contributed by atoms with Gasteiger partial charge < -0.3 is 9.63 Å². The number of aromatic hydroxyl groups is 1. The smallest absolute Gasteiger partial charge is 0.271 e. The van der Waals surface area contributed by atoms with Crippen molar-refractivity contribution in [3.05, 3.63) is 47.4 Å². The Hall–Kier alpha value is -1.86. The topological polar surface area (TPSA) is 59.2 Å². The van der Waals surface area contributed by atoms with E-state index in [-0.39, 0.29) is 17.5 Å². The molecular formula is C13H9FN2O2S2. The van der Waals surface area contributed by atoms with Crippen molar-refractivity contribution in [2.75, 3.05) is 0 Å². The molecule has 20 heavy (non-hydrogen) atoms. The SMILES string of the molecule is Oc1ccsc1-c1nc(CSc2ccccc2F)no1. The van der Waals surface area contributed by atoms with Crippen LogP contribution < -0.4 is 0 Å². The average molecular weight is 308 g/mol. The lowest BCUT2D eigenvalue weighted by Crippen LogP contribution is -1.86. The van der Waals surface area contributed by atoms with Crippen molar-refractivity contribution in [3.8, 4) is 16.5 Å². The molecule has 0 saturated carbocycles. The lowest BCUT2D eigenvalue weighted by atomic mass is 10.3. The molecule has 0 aliphatic heterocycles. The Morgan fingerprint density at radius 3 is 2.90 bits per heavy atom. The van der Waals surface area contributed by atoms with Gasteiger partial charge in [-0.05, 0) is 23.6 Å². The highest BCUT2D eigenvalue weighted by molar-refractivity contribution is 7.98. The van der Waals surface area contributed by atoms with Crippen molar-refractivity contribution in [2.45, 2.75) is 10.6 Å². The average Bonchev–Trinajstić information content (AvgIpc) is 3.06. The van der Waals surface area contributed by atoms with Crippen LogP contribution in [-0.2, 0) is 5.75 Å². The molecule has 7 heteroatoms. The number of aromatic nitrogens is 2.